The lowest BCUT2D eigenvalue weighted by Gasteiger charge is -2.37. The van der Waals surface area contributed by atoms with Gasteiger partial charge >= 0.3 is 0 Å². The Morgan fingerprint density at radius 2 is 1.88 bits per heavy atom. The fourth-order valence-corrected chi connectivity index (χ4v) is 4.53. The standard InChI is InChI=1S/C21H31NO3S/c1-14(2)17-9-6-15(3)13-18(17)22-21(25)11-8-16(23)7-10-19(24)20-5-4-12-26-20/h4-5,12,14-15,17-18H,6-11,13H2,1-3H3,(H,22,25). The summed E-state index contributed by atoms with van der Waals surface area (Å²) in [6, 6.07) is 3.84. The van der Waals surface area contributed by atoms with E-state index in [4.69, 9.17) is 0 Å². The molecular weight excluding hydrogens is 346 g/mol. The molecule has 4 nitrogen and oxygen atoms in total. The summed E-state index contributed by atoms with van der Waals surface area (Å²) in [6.07, 6.45) is 4.31. The Morgan fingerprint density at radius 1 is 1.15 bits per heavy atom. The fraction of sp³-hybridized carbons (Fsp3) is 0.667. The summed E-state index contributed by atoms with van der Waals surface area (Å²) in [5, 5.41) is 5.02. The average molecular weight is 378 g/mol. The third-order valence-corrected chi connectivity index (χ3v) is 6.34. The van der Waals surface area contributed by atoms with Gasteiger partial charge in [-0.3, -0.25) is 14.4 Å². The van der Waals surface area contributed by atoms with Crippen LogP contribution in [-0.2, 0) is 9.59 Å². The van der Waals surface area contributed by atoms with Gasteiger partial charge in [0.05, 0.1) is 4.88 Å². The number of carbonyl (C=O) groups is 3. The molecule has 1 amide bonds. The highest BCUT2D eigenvalue weighted by Crippen LogP contribution is 2.33. The number of ketones is 2. The van der Waals surface area contributed by atoms with E-state index in [0.717, 1.165) is 12.8 Å². The number of rotatable bonds is 9. The van der Waals surface area contributed by atoms with E-state index in [2.05, 4.69) is 26.1 Å². The highest BCUT2D eigenvalue weighted by molar-refractivity contribution is 7.12. The maximum absolute atomic E-state index is 12.3. The quantitative estimate of drug-likeness (QED) is 0.638. The van der Waals surface area contributed by atoms with Crippen LogP contribution in [-0.4, -0.2) is 23.5 Å². The van der Waals surface area contributed by atoms with Crippen LogP contribution in [0.3, 0.4) is 0 Å². The summed E-state index contributed by atoms with van der Waals surface area (Å²) in [5.74, 6) is 1.68. The van der Waals surface area contributed by atoms with Crippen LogP contribution in [0.15, 0.2) is 17.5 Å². The largest absolute Gasteiger partial charge is 0.353 e. The van der Waals surface area contributed by atoms with E-state index in [1.165, 1.54) is 17.8 Å². The Labute approximate surface area is 160 Å². The van der Waals surface area contributed by atoms with Crippen molar-refractivity contribution in [2.45, 2.75) is 71.8 Å². The molecule has 0 spiro atoms. The summed E-state index contributed by atoms with van der Waals surface area (Å²) in [4.78, 5) is 36.9. The first kappa shape index (κ1) is 20.8. The number of carbonyl (C=O) groups excluding carboxylic acids is 3. The van der Waals surface area contributed by atoms with Crippen molar-refractivity contribution in [2.24, 2.45) is 17.8 Å². The maximum atomic E-state index is 12.3. The Morgan fingerprint density at radius 3 is 2.54 bits per heavy atom. The topological polar surface area (TPSA) is 63.2 Å². The Balaban J connectivity index is 1.71. The highest BCUT2D eigenvalue weighted by atomic mass is 32.1. The minimum absolute atomic E-state index is 0.00812. The molecule has 3 atom stereocenters. The first-order chi connectivity index (χ1) is 12.4. The number of amides is 1. The molecule has 0 bridgehead atoms. The molecule has 1 N–H and O–H groups in total. The number of hydrogen-bond acceptors (Lipinski definition) is 4. The van der Waals surface area contributed by atoms with Crippen molar-refractivity contribution in [3.8, 4) is 0 Å². The van der Waals surface area contributed by atoms with E-state index in [-0.39, 0.29) is 49.2 Å². The molecule has 1 aromatic rings. The molecule has 1 aliphatic rings. The average Bonchev–Trinajstić information content (AvgIpc) is 3.12. The molecule has 0 saturated heterocycles. The monoisotopic (exact) mass is 377 g/mol. The molecule has 2 rings (SSSR count). The summed E-state index contributed by atoms with van der Waals surface area (Å²) in [5.41, 5.74) is 0. The summed E-state index contributed by atoms with van der Waals surface area (Å²) in [6.45, 7) is 6.67. The fourth-order valence-electron chi connectivity index (χ4n) is 3.84. The van der Waals surface area contributed by atoms with Gasteiger partial charge in [-0.15, -0.1) is 11.3 Å². The van der Waals surface area contributed by atoms with E-state index >= 15 is 0 Å². The van der Waals surface area contributed by atoms with Crippen LogP contribution < -0.4 is 5.32 Å². The molecule has 0 radical (unpaired) electrons. The van der Waals surface area contributed by atoms with Crippen LogP contribution in [0.5, 0.6) is 0 Å². The molecular formula is C21H31NO3S. The van der Waals surface area contributed by atoms with Crippen LogP contribution in [0.2, 0.25) is 0 Å². The predicted octanol–water partition coefficient (Wildman–Crippen LogP) is 4.64. The van der Waals surface area contributed by atoms with Gasteiger partial charge in [0.25, 0.3) is 0 Å². The molecule has 1 saturated carbocycles. The van der Waals surface area contributed by atoms with Gasteiger partial charge < -0.3 is 5.32 Å². The van der Waals surface area contributed by atoms with Gasteiger partial charge in [-0.05, 0) is 42.0 Å². The molecule has 0 aliphatic heterocycles. The second kappa shape index (κ2) is 10.0. The minimum Gasteiger partial charge on any atom is -0.353 e. The third-order valence-electron chi connectivity index (χ3n) is 5.43. The van der Waals surface area contributed by atoms with E-state index < -0.39 is 0 Å². The van der Waals surface area contributed by atoms with Crippen molar-refractivity contribution < 1.29 is 14.4 Å². The maximum Gasteiger partial charge on any atom is 0.220 e. The van der Waals surface area contributed by atoms with E-state index in [1.807, 2.05) is 11.4 Å². The van der Waals surface area contributed by atoms with E-state index in [0.29, 0.717) is 22.6 Å². The van der Waals surface area contributed by atoms with Crippen molar-refractivity contribution in [1.29, 1.82) is 0 Å². The molecule has 26 heavy (non-hydrogen) atoms. The summed E-state index contributed by atoms with van der Waals surface area (Å²) in [7, 11) is 0. The Kier molecular flexibility index (Phi) is 8.01. The first-order valence-corrected chi connectivity index (χ1v) is 10.6. The lowest BCUT2D eigenvalue weighted by atomic mass is 9.74. The molecule has 1 fully saturated rings. The Hall–Kier alpha value is -1.49. The van der Waals surface area contributed by atoms with Crippen LogP contribution >= 0.6 is 11.3 Å². The van der Waals surface area contributed by atoms with Gasteiger partial charge in [-0.25, -0.2) is 0 Å². The normalized spacial score (nSPS) is 23.0. The van der Waals surface area contributed by atoms with Crippen molar-refractivity contribution in [2.75, 3.05) is 0 Å². The third kappa shape index (κ3) is 6.35. The lowest BCUT2D eigenvalue weighted by Crippen LogP contribution is -2.45. The summed E-state index contributed by atoms with van der Waals surface area (Å²) >= 11 is 1.40. The number of nitrogens with one attached hydrogen (secondary N) is 1. The second-order valence-electron chi connectivity index (χ2n) is 7.94. The lowest BCUT2D eigenvalue weighted by molar-refractivity contribution is -0.126. The van der Waals surface area contributed by atoms with Crippen molar-refractivity contribution in [1.82, 2.24) is 5.32 Å². The smallest absolute Gasteiger partial charge is 0.220 e. The second-order valence-corrected chi connectivity index (χ2v) is 8.89. The van der Waals surface area contributed by atoms with Crippen LogP contribution in [0.1, 0.15) is 75.4 Å². The molecule has 144 valence electrons. The van der Waals surface area contributed by atoms with Gasteiger partial charge in [0, 0.05) is 31.7 Å². The predicted molar refractivity (Wildman–Crippen MR) is 105 cm³/mol. The van der Waals surface area contributed by atoms with E-state index in [9.17, 15) is 14.4 Å². The zero-order valence-electron chi connectivity index (χ0n) is 16.1. The SMILES string of the molecule is CC1CCC(C(C)C)C(NC(=O)CCC(=O)CCC(=O)c2cccs2)C1. The Bertz CT molecular complexity index is 609. The molecule has 1 aliphatic carbocycles. The van der Waals surface area contributed by atoms with Gasteiger partial charge in [-0.1, -0.05) is 33.3 Å². The molecule has 5 heteroatoms. The van der Waals surface area contributed by atoms with Crippen molar-refractivity contribution >= 4 is 28.8 Å². The number of thiophene rings is 1. The number of hydrogen-bond donors (Lipinski definition) is 1. The summed E-state index contributed by atoms with van der Waals surface area (Å²) < 4.78 is 0. The van der Waals surface area contributed by atoms with Crippen LogP contribution in [0, 0.1) is 17.8 Å². The minimum atomic E-state index is -0.0346. The van der Waals surface area contributed by atoms with Gasteiger partial charge in [0.2, 0.25) is 5.91 Å². The molecule has 0 aromatic carbocycles. The number of Topliss-reactive ketones (excluding diaryl/α,β-unsaturated/α-hetero) is 2. The first-order valence-electron chi connectivity index (χ1n) is 9.74. The van der Waals surface area contributed by atoms with Crippen LogP contribution in [0.4, 0.5) is 0 Å². The van der Waals surface area contributed by atoms with Gasteiger partial charge in [-0.2, -0.15) is 0 Å². The van der Waals surface area contributed by atoms with E-state index in [1.54, 1.807) is 6.07 Å². The molecule has 1 heterocycles. The zero-order chi connectivity index (χ0) is 19.1. The van der Waals surface area contributed by atoms with Crippen LogP contribution in [0.25, 0.3) is 0 Å². The van der Waals surface area contributed by atoms with Crippen molar-refractivity contribution in [3.05, 3.63) is 22.4 Å². The van der Waals surface area contributed by atoms with Gasteiger partial charge in [0.15, 0.2) is 5.78 Å². The van der Waals surface area contributed by atoms with Gasteiger partial charge in [0.1, 0.15) is 5.78 Å². The van der Waals surface area contributed by atoms with Crippen molar-refractivity contribution in [3.63, 3.8) is 0 Å². The highest BCUT2D eigenvalue weighted by Gasteiger charge is 2.31. The zero-order valence-corrected chi connectivity index (χ0v) is 16.9. The molecule has 1 aromatic heterocycles. The molecule has 3 unspecified atom stereocenters.